The van der Waals surface area contributed by atoms with E-state index in [4.69, 9.17) is 9.47 Å². The summed E-state index contributed by atoms with van der Waals surface area (Å²) in [5, 5.41) is 21.3. The number of phenolic OH excluding ortho intramolecular Hbond substituents is 1. The first-order valence-electron chi connectivity index (χ1n) is 6.10. The molecule has 0 aromatic heterocycles. The number of aliphatic hydroxyl groups is 1. The van der Waals surface area contributed by atoms with Crippen LogP contribution in [-0.4, -0.2) is 24.4 Å². The third-order valence-electron chi connectivity index (χ3n) is 2.96. The van der Waals surface area contributed by atoms with Crippen molar-refractivity contribution < 1.29 is 19.7 Å². The van der Waals surface area contributed by atoms with Gasteiger partial charge < -0.3 is 19.7 Å². The molecule has 0 saturated carbocycles. The Morgan fingerprint density at radius 3 is 2.45 bits per heavy atom. The van der Waals surface area contributed by atoms with E-state index >= 15 is 0 Å². The van der Waals surface area contributed by atoms with Crippen molar-refractivity contribution in [3.8, 4) is 17.2 Å². The van der Waals surface area contributed by atoms with Crippen LogP contribution < -0.4 is 20.1 Å². The van der Waals surface area contributed by atoms with Gasteiger partial charge in [0.1, 0.15) is 5.75 Å². The number of ether oxygens (including phenoxy) is 2. The lowest BCUT2D eigenvalue weighted by Crippen LogP contribution is -2.10. The predicted octanol–water partition coefficient (Wildman–Crippen LogP) is 1.53. The summed E-state index contributed by atoms with van der Waals surface area (Å²) in [6.45, 7) is -0.0228. The van der Waals surface area contributed by atoms with E-state index in [9.17, 15) is 10.2 Å². The highest BCUT2D eigenvalue weighted by Gasteiger charge is 2.13. The summed E-state index contributed by atoms with van der Waals surface area (Å²) in [7, 11) is 3.28. The van der Waals surface area contributed by atoms with Gasteiger partial charge in [-0.2, -0.15) is 0 Å². The van der Waals surface area contributed by atoms with Crippen LogP contribution in [0.4, 0.5) is 0 Å². The number of benzene rings is 2. The maximum Gasteiger partial charge on any atom is 0.165 e. The highest BCUT2D eigenvalue weighted by Crippen LogP contribution is 2.33. The van der Waals surface area contributed by atoms with Crippen LogP contribution in [0, 0.1) is 0 Å². The molecule has 5 heteroatoms. The normalized spacial score (nSPS) is 10.9. The molecular formula is C15H17O4P. The van der Waals surface area contributed by atoms with E-state index in [1.165, 1.54) is 7.11 Å². The van der Waals surface area contributed by atoms with Crippen molar-refractivity contribution in [2.45, 2.75) is 6.61 Å². The van der Waals surface area contributed by atoms with Crippen molar-refractivity contribution in [1.82, 2.24) is 0 Å². The average molecular weight is 292 g/mol. The van der Waals surface area contributed by atoms with E-state index in [1.807, 2.05) is 24.3 Å². The second-order valence-corrected chi connectivity index (χ2v) is 5.49. The Balaban J connectivity index is 2.42. The molecule has 1 unspecified atom stereocenters. The molecule has 1 atom stereocenters. The molecule has 106 valence electrons. The molecule has 0 aliphatic carbocycles. The third kappa shape index (κ3) is 3.03. The maximum absolute atomic E-state index is 10.2. The minimum Gasteiger partial charge on any atom is -0.504 e. The second kappa shape index (κ2) is 6.60. The minimum absolute atomic E-state index is 0.0228. The molecule has 0 saturated heterocycles. The van der Waals surface area contributed by atoms with Crippen molar-refractivity contribution in [2.24, 2.45) is 0 Å². The first-order chi connectivity index (χ1) is 9.69. The fraction of sp³-hybridized carbons (Fsp3) is 0.200. The molecule has 2 rings (SSSR count). The molecule has 0 amide bonds. The lowest BCUT2D eigenvalue weighted by atomic mass is 10.2. The van der Waals surface area contributed by atoms with E-state index in [0.29, 0.717) is 11.5 Å². The van der Waals surface area contributed by atoms with E-state index < -0.39 is 0 Å². The molecular weight excluding hydrogens is 275 g/mol. The third-order valence-corrected chi connectivity index (χ3v) is 4.37. The van der Waals surface area contributed by atoms with Gasteiger partial charge in [-0.05, 0) is 16.9 Å². The van der Waals surface area contributed by atoms with Crippen LogP contribution >= 0.6 is 8.58 Å². The molecule has 2 aromatic rings. The highest BCUT2D eigenvalue weighted by molar-refractivity contribution is 7.55. The van der Waals surface area contributed by atoms with Crippen molar-refractivity contribution >= 4 is 19.2 Å². The molecule has 0 spiro atoms. The Kier molecular flexibility index (Phi) is 4.83. The molecule has 2 aromatic carbocycles. The number of methoxy groups -OCH3 is 2. The summed E-state index contributed by atoms with van der Waals surface area (Å²) < 4.78 is 10.4. The molecule has 0 heterocycles. The summed E-state index contributed by atoms with van der Waals surface area (Å²) in [5.74, 6) is 1.12. The van der Waals surface area contributed by atoms with Crippen LogP contribution in [0.15, 0.2) is 36.4 Å². The Bertz CT molecular complexity index is 598. The first-order valence-corrected chi connectivity index (χ1v) is 7.10. The van der Waals surface area contributed by atoms with Crippen molar-refractivity contribution in [3.63, 3.8) is 0 Å². The van der Waals surface area contributed by atoms with Crippen molar-refractivity contribution in [1.29, 1.82) is 0 Å². The zero-order chi connectivity index (χ0) is 14.5. The molecule has 0 aliphatic heterocycles. The van der Waals surface area contributed by atoms with Crippen molar-refractivity contribution in [3.05, 3.63) is 42.0 Å². The summed E-state index contributed by atoms with van der Waals surface area (Å²) in [6, 6.07) is 11.0. The van der Waals surface area contributed by atoms with E-state index in [1.54, 1.807) is 19.2 Å². The first kappa shape index (κ1) is 14.6. The molecule has 0 bridgehead atoms. The van der Waals surface area contributed by atoms with Crippen LogP contribution in [0.5, 0.6) is 17.2 Å². The Labute approximate surface area is 119 Å². The SMILES string of the molecule is COc1cc(OC)c(O)c(Pc2ccccc2CO)c1. The van der Waals surface area contributed by atoms with E-state index in [2.05, 4.69) is 0 Å². The monoisotopic (exact) mass is 292 g/mol. The molecule has 20 heavy (non-hydrogen) atoms. The smallest absolute Gasteiger partial charge is 0.165 e. The van der Waals surface area contributed by atoms with Crippen LogP contribution in [-0.2, 0) is 6.61 Å². The summed E-state index contributed by atoms with van der Waals surface area (Å²) in [4.78, 5) is 0. The predicted molar refractivity (Wildman–Crippen MR) is 81.2 cm³/mol. The van der Waals surface area contributed by atoms with E-state index in [-0.39, 0.29) is 20.9 Å². The zero-order valence-electron chi connectivity index (χ0n) is 11.4. The largest absolute Gasteiger partial charge is 0.504 e. The minimum atomic E-state index is -0.0228. The number of rotatable bonds is 5. The Hall–Kier alpha value is -1.77. The van der Waals surface area contributed by atoms with Crippen LogP contribution in [0.2, 0.25) is 0 Å². The van der Waals surface area contributed by atoms with Gasteiger partial charge in [0.05, 0.1) is 20.8 Å². The maximum atomic E-state index is 10.2. The highest BCUT2D eigenvalue weighted by atomic mass is 31.1. The van der Waals surface area contributed by atoms with E-state index in [0.717, 1.165) is 16.2 Å². The fourth-order valence-electron chi connectivity index (χ4n) is 1.88. The van der Waals surface area contributed by atoms with Gasteiger partial charge in [0.25, 0.3) is 0 Å². The fourth-order valence-corrected chi connectivity index (χ4v) is 3.13. The Morgan fingerprint density at radius 1 is 1.05 bits per heavy atom. The second-order valence-electron chi connectivity index (χ2n) is 4.17. The Morgan fingerprint density at radius 2 is 1.80 bits per heavy atom. The quantitative estimate of drug-likeness (QED) is 0.821. The topological polar surface area (TPSA) is 58.9 Å². The number of aliphatic hydroxyl groups excluding tert-OH is 1. The molecule has 0 aliphatic rings. The number of aromatic hydroxyl groups is 1. The van der Waals surface area contributed by atoms with Gasteiger partial charge in [0.2, 0.25) is 0 Å². The van der Waals surface area contributed by atoms with Crippen molar-refractivity contribution in [2.75, 3.05) is 14.2 Å². The van der Waals surface area contributed by atoms with Gasteiger partial charge >= 0.3 is 0 Å². The van der Waals surface area contributed by atoms with Gasteiger partial charge in [-0.25, -0.2) is 0 Å². The number of hydrogen-bond donors (Lipinski definition) is 2. The molecule has 0 radical (unpaired) electrons. The summed E-state index contributed by atoms with van der Waals surface area (Å²) in [5.41, 5.74) is 0.854. The number of phenols is 1. The summed E-state index contributed by atoms with van der Waals surface area (Å²) >= 11 is 0. The lowest BCUT2D eigenvalue weighted by molar-refractivity contribution is 0.283. The van der Waals surface area contributed by atoms with Gasteiger partial charge in [-0.3, -0.25) is 0 Å². The number of hydrogen-bond acceptors (Lipinski definition) is 4. The van der Waals surface area contributed by atoms with Gasteiger partial charge in [0.15, 0.2) is 11.5 Å². The standard InChI is InChI=1S/C15H17O4P/c1-18-11-7-12(19-2)15(17)14(8-11)20-13-6-4-3-5-10(13)9-16/h3-8,16-17,20H,9H2,1-2H3. The van der Waals surface area contributed by atoms with Gasteiger partial charge in [0, 0.05) is 11.4 Å². The molecule has 0 fully saturated rings. The summed E-state index contributed by atoms with van der Waals surface area (Å²) in [6.07, 6.45) is 0. The van der Waals surface area contributed by atoms with Crippen LogP contribution in [0.3, 0.4) is 0 Å². The molecule has 2 N–H and O–H groups in total. The molecule has 4 nitrogen and oxygen atoms in total. The van der Waals surface area contributed by atoms with Gasteiger partial charge in [-0.15, -0.1) is 0 Å². The van der Waals surface area contributed by atoms with Crippen LogP contribution in [0.25, 0.3) is 0 Å². The lowest BCUT2D eigenvalue weighted by Gasteiger charge is -2.13. The average Bonchev–Trinajstić information content (AvgIpc) is 2.49. The zero-order valence-corrected chi connectivity index (χ0v) is 12.4. The van der Waals surface area contributed by atoms with Gasteiger partial charge in [-0.1, -0.05) is 32.8 Å². The van der Waals surface area contributed by atoms with Crippen LogP contribution in [0.1, 0.15) is 5.56 Å².